The predicted octanol–water partition coefficient (Wildman–Crippen LogP) is 5.62. The van der Waals surface area contributed by atoms with Crippen LogP contribution in [0.15, 0.2) is 46.3 Å². The number of anilines is 1. The average molecular weight is 468 g/mol. The molecule has 1 heterocycles. The molecular weight excluding hydrogens is 448 g/mol. The van der Waals surface area contributed by atoms with Crippen molar-refractivity contribution in [3.05, 3.63) is 62.6 Å². The molecule has 1 N–H and O–H groups in total. The molecule has 3 aromatic rings. The number of fused-ring (bicyclic) bond motifs is 1. The lowest BCUT2D eigenvalue weighted by atomic mass is 10.1. The molecule has 0 aliphatic carbocycles. The molecule has 3 rings (SSSR count). The van der Waals surface area contributed by atoms with Crippen molar-refractivity contribution < 1.29 is 9.18 Å². The molecular formula is C21H20Cl2FN3O2S. The second-order valence-corrected chi connectivity index (χ2v) is 8.94. The Morgan fingerprint density at radius 2 is 2.00 bits per heavy atom. The van der Waals surface area contributed by atoms with Gasteiger partial charge >= 0.3 is 0 Å². The zero-order valence-electron chi connectivity index (χ0n) is 16.4. The van der Waals surface area contributed by atoms with Crippen LogP contribution < -0.4 is 10.9 Å². The highest BCUT2D eigenvalue weighted by atomic mass is 35.5. The number of carbonyl (C=O) groups excluding carboxylic acids is 1. The largest absolute Gasteiger partial charge is 0.324 e. The van der Waals surface area contributed by atoms with Crippen LogP contribution in [0.4, 0.5) is 10.1 Å². The standard InChI is InChI=1S/C21H20Cl2FN3O2S/c1-12(2)7-8-27-20(29)15-5-3-13(22)9-18(15)26-21(27)30-11-19(28)25-17-6-4-14(24)10-16(17)23/h3-6,9-10,12H,7-8,11H2,1-2H3,(H,25,28). The second-order valence-electron chi connectivity index (χ2n) is 7.16. The molecule has 0 aliphatic heterocycles. The van der Waals surface area contributed by atoms with Gasteiger partial charge in [0.1, 0.15) is 5.82 Å². The summed E-state index contributed by atoms with van der Waals surface area (Å²) in [6, 6.07) is 8.70. The molecule has 1 aromatic heterocycles. The minimum Gasteiger partial charge on any atom is -0.324 e. The van der Waals surface area contributed by atoms with E-state index in [1.807, 2.05) is 0 Å². The van der Waals surface area contributed by atoms with Crippen molar-refractivity contribution in [2.75, 3.05) is 11.1 Å². The minimum absolute atomic E-state index is 0.00783. The van der Waals surface area contributed by atoms with Crippen molar-refractivity contribution in [2.24, 2.45) is 5.92 Å². The number of hydrogen-bond acceptors (Lipinski definition) is 4. The molecule has 30 heavy (non-hydrogen) atoms. The van der Waals surface area contributed by atoms with E-state index in [0.717, 1.165) is 24.2 Å². The fourth-order valence-corrected chi connectivity index (χ4v) is 3.98. The van der Waals surface area contributed by atoms with Gasteiger partial charge < -0.3 is 5.32 Å². The Bertz CT molecular complexity index is 1150. The molecule has 158 valence electrons. The first-order valence-corrected chi connectivity index (χ1v) is 11.1. The maximum atomic E-state index is 13.2. The Labute approximate surface area is 187 Å². The number of hydrogen-bond donors (Lipinski definition) is 1. The summed E-state index contributed by atoms with van der Waals surface area (Å²) in [5.74, 6) is -0.419. The van der Waals surface area contributed by atoms with E-state index < -0.39 is 5.82 Å². The molecule has 0 spiro atoms. The number of rotatable bonds is 7. The van der Waals surface area contributed by atoms with E-state index in [-0.39, 0.29) is 22.2 Å². The molecule has 0 saturated heterocycles. The number of nitrogens with one attached hydrogen (secondary N) is 1. The van der Waals surface area contributed by atoms with Gasteiger partial charge in [0.25, 0.3) is 5.56 Å². The van der Waals surface area contributed by atoms with Gasteiger partial charge in [0.05, 0.1) is 27.4 Å². The Morgan fingerprint density at radius 1 is 1.23 bits per heavy atom. The maximum absolute atomic E-state index is 13.2. The maximum Gasteiger partial charge on any atom is 0.262 e. The third-order valence-electron chi connectivity index (χ3n) is 4.35. The van der Waals surface area contributed by atoms with Gasteiger partial charge in [-0.15, -0.1) is 0 Å². The van der Waals surface area contributed by atoms with Crippen molar-refractivity contribution >= 4 is 57.5 Å². The van der Waals surface area contributed by atoms with Crippen molar-refractivity contribution in [3.8, 4) is 0 Å². The fraction of sp³-hybridized carbons (Fsp3) is 0.286. The zero-order chi connectivity index (χ0) is 21.8. The van der Waals surface area contributed by atoms with Crippen LogP contribution in [-0.4, -0.2) is 21.2 Å². The quantitative estimate of drug-likeness (QED) is 0.361. The monoisotopic (exact) mass is 467 g/mol. The van der Waals surface area contributed by atoms with E-state index in [4.69, 9.17) is 23.2 Å². The number of nitrogens with zero attached hydrogens (tertiary/aromatic N) is 2. The molecule has 0 saturated carbocycles. The smallest absolute Gasteiger partial charge is 0.262 e. The van der Waals surface area contributed by atoms with Gasteiger partial charge in [0.2, 0.25) is 5.91 Å². The summed E-state index contributed by atoms with van der Waals surface area (Å²) in [7, 11) is 0. The SMILES string of the molecule is CC(C)CCn1c(SCC(=O)Nc2ccc(F)cc2Cl)nc2cc(Cl)ccc2c1=O. The first-order valence-electron chi connectivity index (χ1n) is 9.32. The van der Waals surface area contributed by atoms with Gasteiger partial charge in [0, 0.05) is 11.6 Å². The van der Waals surface area contributed by atoms with Crippen molar-refractivity contribution in [1.29, 1.82) is 0 Å². The lowest BCUT2D eigenvalue weighted by molar-refractivity contribution is -0.113. The molecule has 0 atom stereocenters. The van der Waals surface area contributed by atoms with E-state index >= 15 is 0 Å². The summed E-state index contributed by atoms with van der Waals surface area (Å²) in [6.07, 6.45) is 0.797. The molecule has 0 radical (unpaired) electrons. The molecule has 0 bridgehead atoms. The summed E-state index contributed by atoms with van der Waals surface area (Å²) in [5.41, 5.74) is 0.638. The predicted molar refractivity (Wildman–Crippen MR) is 121 cm³/mol. The average Bonchev–Trinajstić information content (AvgIpc) is 2.67. The Hall–Kier alpha value is -2.09. The second kappa shape index (κ2) is 9.81. The molecule has 2 aromatic carbocycles. The molecule has 1 amide bonds. The number of amides is 1. The molecule has 0 aliphatic rings. The summed E-state index contributed by atoms with van der Waals surface area (Å²) in [5, 5.41) is 4.16. The zero-order valence-corrected chi connectivity index (χ0v) is 18.7. The van der Waals surface area contributed by atoms with Gasteiger partial charge in [-0.05, 0) is 48.7 Å². The first-order chi connectivity index (χ1) is 14.2. The fourth-order valence-electron chi connectivity index (χ4n) is 2.78. The lowest BCUT2D eigenvalue weighted by Crippen LogP contribution is -2.25. The Balaban J connectivity index is 1.84. The first kappa shape index (κ1) is 22.6. The van der Waals surface area contributed by atoms with E-state index in [9.17, 15) is 14.0 Å². The highest BCUT2D eigenvalue weighted by Gasteiger charge is 2.15. The number of thioether (sulfide) groups is 1. The highest BCUT2D eigenvalue weighted by molar-refractivity contribution is 7.99. The topological polar surface area (TPSA) is 64.0 Å². The van der Waals surface area contributed by atoms with Crippen LogP contribution in [0.5, 0.6) is 0 Å². The Morgan fingerprint density at radius 3 is 2.70 bits per heavy atom. The van der Waals surface area contributed by atoms with E-state index in [1.54, 1.807) is 22.8 Å². The van der Waals surface area contributed by atoms with Crippen molar-refractivity contribution in [2.45, 2.75) is 32.0 Å². The van der Waals surface area contributed by atoms with Crippen molar-refractivity contribution in [1.82, 2.24) is 9.55 Å². The van der Waals surface area contributed by atoms with Crippen molar-refractivity contribution in [3.63, 3.8) is 0 Å². The lowest BCUT2D eigenvalue weighted by Gasteiger charge is -2.14. The van der Waals surface area contributed by atoms with Gasteiger partial charge in [-0.3, -0.25) is 14.2 Å². The number of carbonyl (C=O) groups is 1. The van der Waals surface area contributed by atoms with Crippen LogP contribution in [0.2, 0.25) is 10.0 Å². The summed E-state index contributed by atoms with van der Waals surface area (Å²) in [4.78, 5) is 29.9. The van der Waals surface area contributed by atoms with Crippen LogP contribution in [0.3, 0.4) is 0 Å². The molecule has 5 nitrogen and oxygen atoms in total. The van der Waals surface area contributed by atoms with Gasteiger partial charge in [-0.1, -0.05) is 48.8 Å². The van der Waals surface area contributed by atoms with Gasteiger partial charge in [0.15, 0.2) is 5.16 Å². The number of aromatic nitrogens is 2. The summed E-state index contributed by atoms with van der Waals surface area (Å²) < 4.78 is 14.8. The van der Waals surface area contributed by atoms with E-state index in [2.05, 4.69) is 24.1 Å². The van der Waals surface area contributed by atoms with Crippen LogP contribution in [0, 0.1) is 11.7 Å². The van der Waals surface area contributed by atoms with Gasteiger partial charge in [-0.2, -0.15) is 0 Å². The molecule has 9 heteroatoms. The van der Waals surface area contributed by atoms with E-state index in [1.165, 1.54) is 12.1 Å². The molecule has 0 unspecified atom stereocenters. The number of benzene rings is 2. The third-order valence-corrected chi connectivity index (χ3v) is 5.87. The third kappa shape index (κ3) is 5.53. The Kier molecular flexibility index (Phi) is 7.39. The normalized spacial score (nSPS) is 11.3. The van der Waals surface area contributed by atoms with Crippen LogP contribution in [0.25, 0.3) is 10.9 Å². The van der Waals surface area contributed by atoms with Crippen LogP contribution in [0.1, 0.15) is 20.3 Å². The van der Waals surface area contributed by atoms with Gasteiger partial charge in [-0.25, -0.2) is 9.37 Å². The molecule has 0 fully saturated rings. The minimum atomic E-state index is -0.486. The van der Waals surface area contributed by atoms with Crippen LogP contribution in [-0.2, 0) is 11.3 Å². The summed E-state index contributed by atoms with van der Waals surface area (Å²) in [6.45, 7) is 4.65. The summed E-state index contributed by atoms with van der Waals surface area (Å²) >= 11 is 13.2. The highest BCUT2D eigenvalue weighted by Crippen LogP contribution is 2.24. The van der Waals surface area contributed by atoms with E-state index in [0.29, 0.717) is 39.2 Å². The van der Waals surface area contributed by atoms with Crippen LogP contribution >= 0.6 is 35.0 Å². The number of halogens is 3.